The van der Waals surface area contributed by atoms with Crippen LogP contribution in [0.5, 0.6) is 5.75 Å². The zero-order valence-electron chi connectivity index (χ0n) is 18.8. The van der Waals surface area contributed by atoms with Gasteiger partial charge in [-0.1, -0.05) is 18.2 Å². The van der Waals surface area contributed by atoms with Gasteiger partial charge < -0.3 is 29.6 Å². The van der Waals surface area contributed by atoms with E-state index in [0.717, 1.165) is 95.9 Å². The third-order valence-electron chi connectivity index (χ3n) is 5.55. The monoisotopic (exact) mass is 434 g/mol. The highest BCUT2D eigenvalue weighted by Crippen LogP contribution is 2.17. The van der Waals surface area contributed by atoms with E-state index < -0.39 is 0 Å². The van der Waals surface area contributed by atoms with Gasteiger partial charge in [0, 0.05) is 64.5 Å². The molecule has 2 heterocycles. The summed E-state index contributed by atoms with van der Waals surface area (Å²) in [5, 5.41) is 6.72. The fourth-order valence-electron chi connectivity index (χ4n) is 3.65. The van der Waals surface area contributed by atoms with E-state index in [1.54, 1.807) is 7.05 Å². The Morgan fingerprint density at radius 3 is 2.81 bits per heavy atom. The SMILES string of the molecule is CN=C(NCCCOCC1CCOC1)NCc1ccccc1OCCN1CCOCC1. The lowest BCUT2D eigenvalue weighted by Crippen LogP contribution is -2.39. The van der Waals surface area contributed by atoms with Gasteiger partial charge in [-0.25, -0.2) is 0 Å². The number of nitrogens with one attached hydrogen (secondary N) is 2. The molecule has 0 spiro atoms. The molecule has 1 aromatic rings. The third-order valence-corrected chi connectivity index (χ3v) is 5.55. The molecule has 2 N–H and O–H groups in total. The van der Waals surface area contributed by atoms with Gasteiger partial charge in [0.2, 0.25) is 0 Å². The first-order chi connectivity index (χ1) is 15.3. The van der Waals surface area contributed by atoms with Crippen molar-refractivity contribution in [2.45, 2.75) is 19.4 Å². The Balaban J connectivity index is 1.31. The minimum atomic E-state index is 0.568. The smallest absolute Gasteiger partial charge is 0.191 e. The second kappa shape index (κ2) is 14.2. The van der Waals surface area contributed by atoms with E-state index in [4.69, 9.17) is 18.9 Å². The number of ether oxygens (including phenoxy) is 4. The maximum atomic E-state index is 6.07. The molecule has 0 bridgehead atoms. The zero-order valence-corrected chi connectivity index (χ0v) is 18.8. The number of hydrogen-bond acceptors (Lipinski definition) is 6. The van der Waals surface area contributed by atoms with Crippen molar-refractivity contribution in [3.8, 4) is 5.75 Å². The second-order valence-corrected chi connectivity index (χ2v) is 7.92. The molecule has 1 aromatic carbocycles. The van der Waals surface area contributed by atoms with Crippen LogP contribution in [-0.2, 0) is 20.8 Å². The largest absolute Gasteiger partial charge is 0.492 e. The fourth-order valence-corrected chi connectivity index (χ4v) is 3.65. The molecule has 31 heavy (non-hydrogen) atoms. The molecule has 0 radical (unpaired) electrons. The van der Waals surface area contributed by atoms with Crippen LogP contribution < -0.4 is 15.4 Å². The lowest BCUT2D eigenvalue weighted by atomic mass is 10.1. The van der Waals surface area contributed by atoms with Crippen LogP contribution in [0.1, 0.15) is 18.4 Å². The summed E-state index contributed by atoms with van der Waals surface area (Å²) >= 11 is 0. The first-order valence-electron chi connectivity index (χ1n) is 11.5. The summed E-state index contributed by atoms with van der Waals surface area (Å²) in [6, 6.07) is 8.16. The molecule has 0 amide bonds. The molecule has 2 aliphatic heterocycles. The Kier molecular flexibility index (Phi) is 10.9. The van der Waals surface area contributed by atoms with Crippen molar-refractivity contribution in [3.05, 3.63) is 29.8 Å². The Bertz CT molecular complexity index is 646. The van der Waals surface area contributed by atoms with Gasteiger partial charge in [0.1, 0.15) is 12.4 Å². The van der Waals surface area contributed by atoms with Gasteiger partial charge in [-0.05, 0) is 18.9 Å². The van der Waals surface area contributed by atoms with Crippen LogP contribution in [0.25, 0.3) is 0 Å². The predicted molar refractivity (Wildman–Crippen MR) is 122 cm³/mol. The van der Waals surface area contributed by atoms with Crippen LogP contribution in [0, 0.1) is 5.92 Å². The summed E-state index contributed by atoms with van der Waals surface area (Å²) in [6.45, 7) is 9.93. The van der Waals surface area contributed by atoms with Gasteiger partial charge in [0.25, 0.3) is 0 Å². The molecule has 174 valence electrons. The third kappa shape index (κ3) is 9.03. The molecular weight excluding hydrogens is 396 g/mol. The Hall–Kier alpha value is -1.87. The lowest BCUT2D eigenvalue weighted by molar-refractivity contribution is 0.0322. The highest BCUT2D eigenvalue weighted by Gasteiger charge is 2.15. The van der Waals surface area contributed by atoms with Crippen molar-refractivity contribution in [1.29, 1.82) is 0 Å². The average Bonchev–Trinajstić information content (AvgIpc) is 3.33. The maximum absolute atomic E-state index is 6.07. The normalized spacial score (nSPS) is 20.0. The molecule has 2 fully saturated rings. The lowest BCUT2D eigenvalue weighted by Gasteiger charge is -2.26. The molecular formula is C23H38N4O4. The number of rotatable bonds is 12. The standard InChI is InChI=1S/C23H38N4O4/c1-24-23(25-8-4-12-29-18-20-7-13-30-19-20)26-17-21-5-2-3-6-22(21)31-16-11-27-9-14-28-15-10-27/h2-3,5-6,20H,4,7-19H2,1H3,(H2,24,25,26). The van der Waals surface area contributed by atoms with E-state index in [2.05, 4.69) is 26.6 Å². The molecule has 0 aliphatic carbocycles. The number of morpholine rings is 1. The molecule has 2 aliphatic rings. The number of benzene rings is 1. The molecule has 3 rings (SSSR count). The van der Waals surface area contributed by atoms with E-state index in [-0.39, 0.29) is 0 Å². The topological polar surface area (TPSA) is 76.6 Å². The highest BCUT2D eigenvalue weighted by atomic mass is 16.5. The molecule has 8 nitrogen and oxygen atoms in total. The highest BCUT2D eigenvalue weighted by molar-refractivity contribution is 5.79. The van der Waals surface area contributed by atoms with Crippen LogP contribution in [0.3, 0.4) is 0 Å². The Morgan fingerprint density at radius 1 is 1.13 bits per heavy atom. The van der Waals surface area contributed by atoms with E-state index >= 15 is 0 Å². The summed E-state index contributed by atoms with van der Waals surface area (Å²) in [5.74, 6) is 2.27. The van der Waals surface area contributed by atoms with Gasteiger partial charge >= 0.3 is 0 Å². The summed E-state index contributed by atoms with van der Waals surface area (Å²) < 4.78 is 22.6. The van der Waals surface area contributed by atoms with Crippen molar-refractivity contribution in [3.63, 3.8) is 0 Å². The first-order valence-corrected chi connectivity index (χ1v) is 11.5. The number of hydrogen-bond donors (Lipinski definition) is 2. The maximum Gasteiger partial charge on any atom is 0.191 e. The molecule has 0 aromatic heterocycles. The van der Waals surface area contributed by atoms with Crippen molar-refractivity contribution >= 4 is 5.96 Å². The predicted octanol–water partition coefficient (Wildman–Crippen LogP) is 1.51. The second-order valence-electron chi connectivity index (χ2n) is 7.92. The van der Waals surface area contributed by atoms with E-state index in [9.17, 15) is 0 Å². The quantitative estimate of drug-likeness (QED) is 0.293. The number of aliphatic imine (C=N–C) groups is 1. The van der Waals surface area contributed by atoms with Gasteiger partial charge in [-0.2, -0.15) is 0 Å². The van der Waals surface area contributed by atoms with Gasteiger partial charge in [-0.15, -0.1) is 0 Å². The van der Waals surface area contributed by atoms with Crippen LogP contribution in [0.4, 0.5) is 0 Å². The summed E-state index contributed by atoms with van der Waals surface area (Å²) in [7, 11) is 1.79. The van der Waals surface area contributed by atoms with E-state index in [0.29, 0.717) is 19.1 Å². The molecule has 1 atom stereocenters. The van der Waals surface area contributed by atoms with E-state index in [1.807, 2.05) is 18.2 Å². The first kappa shape index (κ1) is 23.8. The fraction of sp³-hybridized carbons (Fsp3) is 0.696. The summed E-state index contributed by atoms with van der Waals surface area (Å²) in [6.07, 6.45) is 2.06. The van der Waals surface area contributed by atoms with Crippen molar-refractivity contribution in [2.75, 3.05) is 79.5 Å². The summed E-state index contributed by atoms with van der Waals surface area (Å²) in [5.41, 5.74) is 1.12. The van der Waals surface area contributed by atoms with Gasteiger partial charge in [0.05, 0.1) is 26.4 Å². The van der Waals surface area contributed by atoms with E-state index in [1.165, 1.54) is 0 Å². The Labute approximate surface area is 186 Å². The van der Waals surface area contributed by atoms with Crippen LogP contribution in [-0.4, -0.2) is 90.3 Å². The van der Waals surface area contributed by atoms with Crippen molar-refractivity contribution in [2.24, 2.45) is 10.9 Å². The van der Waals surface area contributed by atoms with Crippen LogP contribution in [0.15, 0.2) is 29.3 Å². The van der Waals surface area contributed by atoms with Gasteiger partial charge in [0.15, 0.2) is 5.96 Å². The van der Waals surface area contributed by atoms with Crippen LogP contribution >= 0.6 is 0 Å². The molecule has 1 unspecified atom stereocenters. The number of para-hydroxylation sites is 1. The minimum Gasteiger partial charge on any atom is -0.492 e. The Morgan fingerprint density at radius 2 is 2.00 bits per heavy atom. The number of guanidine groups is 1. The van der Waals surface area contributed by atoms with Crippen molar-refractivity contribution < 1.29 is 18.9 Å². The minimum absolute atomic E-state index is 0.568. The number of nitrogens with zero attached hydrogens (tertiary/aromatic N) is 2. The van der Waals surface area contributed by atoms with Crippen LogP contribution in [0.2, 0.25) is 0 Å². The molecule has 2 saturated heterocycles. The molecule has 0 saturated carbocycles. The zero-order chi connectivity index (χ0) is 21.6. The summed E-state index contributed by atoms with van der Waals surface area (Å²) in [4.78, 5) is 6.69. The van der Waals surface area contributed by atoms with Gasteiger partial charge in [-0.3, -0.25) is 9.89 Å². The molecule has 8 heteroatoms. The van der Waals surface area contributed by atoms with Crippen molar-refractivity contribution in [1.82, 2.24) is 15.5 Å². The average molecular weight is 435 g/mol.